The van der Waals surface area contributed by atoms with Crippen LogP contribution in [0.5, 0.6) is 0 Å². The minimum Gasteiger partial charge on any atom is -0.316 e. The summed E-state index contributed by atoms with van der Waals surface area (Å²) in [5.74, 6) is 2.33. The van der Waals surface area contributed by atoms with E-state index in [2.05, 4.69) is 30.0 Å². The molecule has 1 aliphatic rings. The summed E-state index contributed by atoms with van der Waals surface area (Å²) >= 11 is 1.66. The number of hydrogen-bond donors (Lipinski definition) is 1. The number of thioether (sulfide) groups is 1. The van der Waals surface area contributed by atoms with Crippen molar-refractivity contribution in [2.24, 2.45) is 7.05 Å². The third kappa shape index (κ3) is 3.41. The summed E-state index contributed by atoms with van der Waals surface area (Å²) in [6, 6.07) is 0. The second-order valence-corrected chi connectivity index (χ2v) is 6.32. The molecule has 0 spiro atoms. The third-order valence-corrected chi connectivity index (χ3v) is 4.77. The van der Waals surface area contributed by atoms with Gasteiger partial charge in [-0.2, -0.15) is 0 Å². The molecule has 1 saturated heterocycles. The topological polar surface area (TPSA) is 68.5 Å². The summed E-state index contributed by atoms with van der Waals surface area (Å²) in [5.41, 5.74) is 1.91. The van der Waals surface area contributed by atoms with Gasteiger partial charge in [-0.05, 0) is 26.3 Å². The molecule has 3 heterocycles. The molecule has 1 aliphatic heterocycles. The number of aryl methyl sites for hydroxylation is 1. The van der Waals surface area contributed by atoms with Crippen molar-refractivity contribution in [1.82, 2.24) is 30.0 Å². The highest BCUT2D eigenvalue weighted by atomic mass is 32.2. The van der Waals surface area contributed by atoms with Crippen molar-refractivity contribution in [3.05, 3.63) is 29.6 Å². The Morgan fingerprint density at radius 3 is 2.95 bits per heavy atom. The molecule has 0 unspecified atom stereocenters. The summed E-state index contributed by atoms with van der Waals surface area (Å²) in [5, 5.41) is 13.1. The Hall–Kier alpha value is -1.47. The molecule has 3 rings (SSSR count). The van der Waals surface area contributed by atoms with Crippen molar-refractivity contribution in [2.45, 2.75) is 36.6 Å². The van der Waals surface area contributed by atoms with E-state index in [9.17, 15) is 0 Å². The van der Waals surface area contributed by atoms with Crippen LogP contribution in [-0.2, 0) is 12.8 Å². The molecule has 0 aliphatic carbocycles. The van der Waals surface area contributed by atoms with Crippen LogP contribution >= 0.6 is 11.8 Å². The number of aromatic nitrogens is 5. The lowest BCUT2D eigenvalue weighted by atomic mass is 9.99. The summed E-state index contributed by atoms with van der Waals surface area (Å²) < 4.78 is 2.12. The average Bonchev–Trinajstić information content (AvgIpc) is 2.89. The van der Waals surface area contributed by atoms with Crippen molar-refractivity contribution in [3.8, 4) is 0 Å². The van der Waals surface area contributed by atoms with Crippen LogP contribution in [0.1, 0.15) is 36.0 Å². The van der Waals surface area contributed by atoms with Crippen LogP contribution in [0.25, 0.3) is 0 Å². The predicted molar refractivity (Wildman–Crippen MR) is 82.2 cm³/mol. The highest BCUT2D eigenvalue weighted by Crippen LogP contribution is 2.26. The minimum absolute atomic E-state index is 0.477. The highest BCUT2D eigenvalue weighted by molar-refractivity contribution is 7.98. The van der Waals surface area contributed by atoms with Crippen LogP contribution in [0.2, 0.25) is 0 Å². The Bertz CT molecular complexity index is 588. The molecule has 2 aromatic heterocycles. The summed E-state index contributed by atoms with van der Waals surface area (Å²) in [7, 11) is 2.05. The fourth-order valence-corrected chi connectivity index (χ4v) is 3.32. The summed E-state index contributed by atoms with van der Waals surface area (Å²) in [6.07, 6.45) is 6.02. The largest absolute Gasteiger partial charge is 0.316 e. The van der Waals surface area contributed by atoms with E-state index in [1.165, 1.54) is 12.8 Å². The first-order chi connectivity index (χ1) is 10.2. The Balaban J connectivity index is 1.66. The zero-order chi connectivity index (χ0) is 14.7. The minimum atomic E-state index is 0.477. The van der Waals surface area contributed by atoms with Gasteiger partial charge in [0.15, 0.2) is 5.16 Å². The van der Waals surface area contributed by atoms with Gasteiger partial charge in [0.1, 0.15) is 5.82 Å². The van der Waals surface area contributed by atoms with Crippen molar-refractivity contribution < 1.29 is 0 Å². The van der Waals surface area contributed by atoms with Gasteiger partial charge in [-0.25, -0.2) is 0 Å². The molecule has 2 aromatic rings. The smallest absolute Gasteiger partial charge is 0.191 e. The highest BCUT2D eigenvalue weighted by Gasteiger charge is 2.21. The fourth-order valence-electron chi connectivity index (χ4n) is 2.51. The van der Waals surface area contributed by atoms with E-state index >= 15 is 0 Å². The first-order valence-electron chi connectivity index (χ1n) is 7.24. The van der Waals surface area contributed by atoms with E-state index in [4.69, 9.17) is 0 Å². The number of nitrogens with one attached hydrogen (secondary N) is 1. The lowest BCUT2D eigenvalue weighted by molar-refractivity contribution is 0.436. The van der Waals surface area contributed by atoms with Gasteiger partial charge in [0.25, 0.3) is 0 Å². The number of nitrogens with zero attached hydrogens (tertiary/aromatic N) is 5. The molecule has 1 N–H and O–H groups in total. The van der Waals surface area contributed by atoms with E-state index in [1.807, 2.05) is 20.2 Å². The predicted octanol–water partition coefficient (Wildman–Crippen LogP) is 1.67. The molecule has 1 fully saturated rings. The number of piperidine rings is 1. The van der Waals surface area contributed by atoms with E-state index < -0.39 is 0 Å². The third-order valence-electron chi connectivity index (χ3n) is 3.71. The van der Waals surface area contributed by atoms with Crippen LogP contribution in [0, 0.1) is 6.92 Å². The molecule has 21 heavy (non-hydrogen) atoms. The van der Waals surface area contributed by atoms with Crippen LogP contribution < -0.4 is 5.32 Å². The zero-order valence-corrected chi connectivity index (χ0v) is 13.2. The van der Waals surface area contributed by atoms with E-state index in [-0.39, 0.29) is 0 Å². The van der Waals surface area contributed by atoms with Gasteiger partial charge in [0.05, 0.1) is 11.4 Å². The average molecular weight is 304 g/mol. The van der Waals surface area contributed by atoms with Crippen molar-refractivity contribution in [3.63, 3.8) is 0 Å². The molecule has 6 nitrogen and oxygen atoms in total. The molecule has 0 radical (unpaired) electrons. The standard InChI is InChI=1S/C14H20N6S/c1-10-6-17-12(8-16-10)9-21-14-19-18-13(20(14)2)11-4-3-5-15-7-11/h6,8,11,15H,3-5,7,9H2,1-2H3/t11-/m0/s1. The first kappa shape index (κ1) is 14.5. The molecular formula is C14H20N6S. The van der Waals surface area contributed by atoms with Gasteiger partial charge in [0, 0.05) is 37.7 Å². The lowest BCUT2D eigenvalue weighted by Gasteiger charge is -2.21. The van der Waals surface area contributed by atoms with Gasteiger partial charge in [-0.15, -0.1) is 10.2 Å². The number of hydrogen-bond acceptors (Lipinski definition) is 6. The van der Waals surface area contributed by atoms with Crippen molar-refractivity contribution in [1.29, 1.82) is 0 Å². The van der Waals surface area contributed by atoms with Crippen molar-refractivity contribution >= 4 is 11.8 Å². The second-order valence-electron chi connectivity index (χ2n) is 5.38. The van der Waals surface area contributed by atoms with E-state index in [0.717, 1.165) is 41.2 Å². The van der Waals surface area contributed by atoms with Gasteiger partial charge >= 0.3 is 0 Å². The quantitative estimate of drug-likeness (QED) is 0.867. The molecule has 1 atom stereocenters. The maximum Gasteiger partial charge on any atom is 0.191 e. The van der Waals surface area contributed by atoms with Crippen LogP contribution in [-0.4, -0.2) is 37.8 Å². The molecule has 0 bridgehead atoms. The Labute approximate surface area is 128 Å². The van der Waals surface area contributed by atoms with E-state index in [0.29, 0.717) is 5.92 Å². The van der Waals surface area contributed by atoms with Gasteiger partial charge in [0.2, 0.25) is 0 Å². The SMILES string of the molecule is Cc1cnc(CSc2nnc([C@H]3CCCNC3)n2C)cn1. The van der Waals surface area contributed by atoms with E-state index in [1.54, 1.807) is 18.0 Å². The zero-order valence-electron chi connectivity index (χ0n) is 12.4. The monoisotopic (exact) mass is 304 g/mol. The molecule has 0 aromatic carbocycles. The fraction of sp³-hybridized carbons (Fsp3) is 0.571. The van der Waals surface area contributed by atoms with Crippen molar-refractivity contribution in [2.75, 3.05) is 13.1 Å². The maximum atomic E-state index is 4.38. The first-order valence-corrected chi connectivity index (χ1v) is 8.23. The molecule has 0 saturated carbocycles. The van der Waals surface area contributed by atoms with Crippen LogP contribution in [0.3, 0.4) is 0 Å². The molecule has 0 amide bonds. The van der Waals surface area contributed by atoms with Gasteiger partial charge in [-0.1, -0.05) is 11.8 Å². The van der Waals surface area contributed by atoms with Gasteiger partial charge < -0.3 is 9.88 Å². The van der Waals surface area contributed by atoms with Gasteiger partial charge in [-0.3, -0.25) is 9.97 Å². The number of rotatable bonds is 4. The Morgan fingerprint density at radius 1 is 1.33 bits per heavy atom. The maximum absolute atomic E-state index is 4.38. The molecular weight excluding hydrogens is 284 g/mol. The van der Waals surface area contributed by atoms with Crippen LogP contribution in [0.15, 0.2) is 17.6 Å². The Morgan fingerprint density at radius 2 is 2.24 bits per heavy atom. The normalized spacial score (nSPS) is 18.9. The lowest BCUT2D eigenvalue weighted by Crippen LogP contribution is -2.29. The summed E-state index contributed by atoms with van der Waals surface area (Å²) in [4.78, 5) is 8.63. The molecule has 112 valence electrons. The molecule has 7 heteroatoms. The van der Waals surface area contributed by atoms with Crippen LogP contribution in [0.4, 0.5) is 0 Å². The second kappa shape index (κ2) is 6.53. The summed E-state index contributed by atoms with van der Waals surface area (Å²) in [6.45, 7) is 4.05. The Kier molecular flexibility index (Phi) is 4.50.